The zero-order valence-electron chi connectivity index (χ0n) is 18.9. The SMILES string of the molecule is Cc1nn(Cc2ccccc2)c(Cl)c1C(=O)OC(C)C(=O)Nc1ccccc1-c1ccccc1. The molecule has 4 rings (SSSR count). The standard InChI is InChI=1S/C27H24ClN3O3/c1-18-24(25(28)31(30-18)17-20-11-5-3-6-12-20)27(33)34-19(2)26(32)29-23-16-10-9-15-22(23)21-13-7-4-8-14-21/h3-16,19H,17H2,1-2H3,(H,29,32). The van der Waals surface area contributed by atoms with E-state index in [0.717, 1.165) is 16.7 Å². The van der Waals surface area contributed by atoms with Crippen molar-refractivity contribution in [2.75, 3.05) is 5.32 Å². The highest BCUT2D eigenvalue weighted by molar-refractivity contribution is 6.32. The van der Waals surface area contributed by atoms with Gasteiger partial charge in [0, 0.05) is 11.3 Å². The van der Waals surface area contributed by atoms with Crippen LogP contribution in [0.3, 0.4) is 0 Å². The Morgan fingerprint density at radius 3 is 2.29 bits per heavy atom. The van der Waals surface area contributed by atoms with Crippen LogP contribution in [0.15, 0.2) is 84.9 Å². The summed E-state index contributed by atoms with van der Waals surface area (Å²) in [5, 5.41) is 7.41. The maximum atomic E-state index is 12.9. The first-order valence-corrected chi connectivity index (χ1v) is 11.2. The minimum Gasteiger partial charge on any atom is -0.449 e. The van der Waals surface area contributed by atoms with Crippen LogP contribution < -0.4 is 5.32 Å². The van der Waals surface area contributed by atoms with Crippen molar-refractivity contribution in [3.8, 4) is 11.1 Å². The highest BCUT2D eigenvalue weighted by Gasteiger charge is 2.26. The van der Waals surface area contributed by atoms with Gasteiger partial charge in [0.05, 0.1) is 12.2 Å². The average molecular weight is 474 g/mol. The summed E-state index contributed by atoms with van der Waals surface area (Å²) < 4.78 is 7.00. The number of benzene rings is 3. The Hall–Kier alpha value is -3.90. The van der Waals surface area contributed by atoms with E-state index in [1.54, 1.807) is 11.6 Å². The molecular weight excluding hydrogens is 450 g/mol. The number of aryl methyl sites for hydroxylation is 1. The summed E-state index contributed by atoms with van der Waals surface area (Å²) in [6.07, 6.45) is -1.04. The Balaban J connectivity index is 1.46. The second kappa shape index (κ2) is 10.4. The minimum absolute atomic E-state index is 0.155. The molecule has 1 aromatic heterocycles. The van der Waals surface area contributed by atoms with Crippen LogP contribution in [-0.4, -0.2) is 27.8 Å². The molecule has 0 radical (unpaired) electrons. The number of anilines is 1. The van der Waals surface area contributed by atoms with Crippen molar-refractivity contribution in [1.29, 1.82) is 0 Å². The number of amides is 1. The maximum Gasteiger partial charge on any atom is 0.343 e. The quantitative estimate of drug-likeness (QED) is 0.347. The lowest BCUT2D eigenvalue weighted by Gasteiger charge is -2.16. The molecule has 172 valence electrons. The van der Waals surface area contributed by atoms with Gasteiger partial charge >= 0.3 is 5.97 Å². The zero-order chi connectivity index (χ0) is 24.1. The third-order valence-electron chi connectivity index (χ3n) is 5.37. The summed E-state index contributed by atoms with van der Waals surface area (Å²) >= 11 is 6.45. The summed E-state index contributed by atoms with van der Waals surface area (Å²) in [6, 6.07) is 26.9. The van der Waals surface area contributed by atoms with Gasteiger partial charge in [-0.2, -0.15) is 5.10 Å². The molecule has 1 N–H and O–H groups in total. The fourth-order valence-electron chi connectivity index (χ4n) is 3.62. The Morgan fingerprint density at radius 1 is 0.971 bits per heavy atom. The number of para-hydroxylation sites is 1. The first-order chi connectivity index (χ1) is 16.4. The van der Waals surface area contributed by atoms with Crippen molar-refractivity contribution in [3.63, 3.8) is 0 Å². The summed E-state index contributed by atoms with van der Waals surface area (Å²) in [4.78, 5) is 25.7. The fraction of sp³-hybridized carbons (Fsp3) is 0.148. The van der Waals surface area contributed by atoms with E-state index in [2.05, 4.69) is 10.4 Å². The number of nitrogens with zero attached hydrogens (tertiary/aromatic N) is 2. The van der Waals surface area contributed by atoms with E-state index in [0.29, 0.717) is 17.9 Å². The zero-order valence-corrected chi connectivity index (χ0v) is 19.6. The summed E-state index contributed by atoms with van der Waals surface area (Å²) in [5.41, 5.74) is 4.06. The van der Waals surface area contributed by atoms with Gasteiger partial charge in [-0.15, -0.1) is 0 Å². The Bertz CT molecular complexity index is 1300. The van der Waals surface area contributed by atoms with E-state index in [9.17, 15) is 9.59 Å². The molecule has 6 nitrogen and oxygen atoms in total. The van der Waals surface area contributed by atoms with Gasteiger partial charge in [0.15, 0.2) is 6.10 Å². The summed E-state index contributed by atoms with van der Waals surface area (Å²) in [6.45, 7) is 3.63. The Morgan fingerprint density at radius 2 is 1.59 bits per heavy atom. The second-order valence-electron chi connectivity index (χ2n) is 7.84. The summed E-state index contributed by atoms with van der Waals surface area (Å²) in [7, 11) is 0. The Kier molecular flexibility index (Phi) is 7.09. The lowest BCUT2D eigenvalue weighted by atomic mass is 10.0. The number of aromatic nitrogens is 2. The molecule has 0 fully saturated rings. The first kappa shape index (κ1) is 23.3. The van der Waals surface area contributed by atoms with Gasteiger partial charge in [-0.05, 0) is 31.0 Å². The number of hydrogen-bond donors (Lipinski definition) is 1. The molecule has 7 heteroatoms. The highest BCUT2D eigenvalue weighted by atomic mass is 35.5. The van der Waals surface area contributed by atoms with Gasteiger partial charge in [0.1, 0.15) is 10.7 Å². The van der Waals surface area contributed by atoms with E-state index in [-0.39, 0.29) is 10.7 Å². The molecule has 0 saturated heterocycles. The number of esters is 1. The van der Waals surface area contributed by atoms with Gasteiger partial charge in [-0.25, -0.2) is 9.48 Å². The van der Waals surface area contributed by atoms with Gasteiger partial charge < -0.3 is 10.1 Å². The number of halogens is 1. The molecular formula is C27H24ClN3O3. The van der Waals surface area contributed by atoms with Crippen molar-refractivity contribution in [3.05, 3.63) is 107 Å². The van der Waals surface area contributed by atoms with Gasteiger partial charge in [-0.3, -0.25) is 4.79 Å². The number of hydrogen-bond acceptors (Lipinski definition) is 4. The molecule has 3 aromatic carbocycles. The molecule has 0 spiro atoms. The number of rotatable bonds is 7. The van der Waals surface area contributed by atoms with Gasteiger partial charge in [-0.1, -0.05) is 90.5 Å². The van der Waals surface area contributed by atoms with Crippen LogP contribution in [0.2, 0.25) is 5.15 Å². The molecule has 0 aliphatic rings. The van der Waals surface area contributed by atoms with Crippen LogP contribution in [-0.2, 0) is 16.1 Å². The van der Waals surface area contributed by atoms with E-state index >= 15 is 0 Å². The van der Waals surface area contributed by atoms with Crippen LogP contribution in [0.25, 0.3) is 11.1 Å². The van der Waals surface area contributed by atoms with Crippen molar-refractivity contribution in [2.24, 2.45) is 0 Å². The molecule has 1 amide bonds. The van der Waals surface area contributed by atoms with Crippen molar-refractivity contribution < 1.29 is 14.3 Å². The van der Waals surface area contributed by atoms with Gasteiger partial charge in [0.25, 0.3) is 5.91 Å². The molecule has 0 bridgehead atoms. The van der Waals surface area contributed by atoms with E-state index < -0.39 is 18.0 Å². The predicted octanol–water partition coefficient (Wildman–Crippen LogP) is 5.74. The third kappa shape index (κ3) is 5.18. The highest BCUT2D eigenvalue weighted by Crippen LogP contribution is 2.28. The van der Waals surface area contributed by atoms with Crippen molar-refractivity contribution >= 4 is 29.2 Å². The molecule has 0 saturated carbocycles. The molecule has 0 aliphatic heterocycles. The lowest BCUT2D eigenvalue weighted by Crippen LogP contribution is -2.30. The topological polar surface area (TPSA) is 73.2 Å². The average Bonchev–Trinajstić information content (AvgIpc) is 3.13. The van der Waals surface area contributed by atoms with Gasteiger partial charge in [0.2, 0.25) is 0 Å². The largest absolute Gasteiger partial charge is 0.449 e. The number of nitrogens with one attached hydrogen (secondary N) is 1. The molecule has 34 heavy (non-hydrogen) atoms. The van der Waals surface area contributed by atoms with Crippen LogP contribution >= 0.6 is 11.6 Å². The lowest BCUT2D eigenvalue weighted by molar-refractivity contribution is -0.123. The van der Waals surface area contributed by atoms with Crippen LogP contribution in [0.5, 0.6) is 0 Å². The fourth-order valence-corrected chi connectivity index (χ4v) is 3.93. The minimum atomic E-state index is -1.04. The molecule has 1 heterocycles. The molecule has 4 aromatic rings. The predicted molar refractivity (Wildman–Crippen MR) is 133 cm³/mol. The monoisotopic (exact) mass is 473 g/mol. The molecule has 1 atom stereocenters. The number of carbonyl (C=O) groups is 2. The van der Waals surface area contributed by atoms with Crippen molar-refractivity contribution in [1.82, 2.24) is 9.78 Å². The van der Waals surface area contributed by atoms with E-state index in [1.165, 1.54) is 6.92 Å². The van der Waals surface area contributed by atoms with Crippen LogP contribution in [0.1, 0.15) is 28.5 Å². The van der Waals surface area contributed by atoms with Crippen molar-refractivity contribution in [2.45, 2.75) is 26.5 Å². The van der Waals surface area contributed by atoms with Crippen LogP contribution in [0, 0.1) is 6.92 Å². The van der Waals surface area contributed by atoms with Crippen LogP contribution in [0.4, 0.5) is 5.69 Å². The Labute approximate surface area is 203 Å². The normalized spacial score (nSPS) is 11.6. The smallest absolute Gasteiger partial charge is 0.343 e. The van der Waals surface area contributed by atoms with E-state index in [1.807, 2.05) is 84.9 Å². The third-order valence-corrected chi connectivity index (χ3v) is 5.75. The number of carbonyl (C=O) groups excluding carboxylic acids is 2. The molecule has 0 aliphatic carbocycles. The second-order valence-corrected chi connectivity index (χ2v) is 8.20. The first-order valence-electron chi connectivity index (χ1n) is 10.9. The number of ether oxygens (including phenoxy) is 1. The maximum absolute atomic E-state index is 12.9. The van der Waals surface area contributed by atoms with E-state index in [4.69, 9.17) is 16.3 Å². The molecule has 1 unspecified atom stereocenters. The summed E-state index contributed by atoms with van der Waals surface area (Å²) in [5.74, 6) is -1.14.